The van der Waals surface area contributed by atoms with Crippen LogP contribution in [0.5, 0.6) is 0 Å². The van der Waals surface area contributed by atoms with Crippen molar-refractivity contribution in [1.82, 2.24) is 0 Å². The van der Waals surface area contributed by atoms with Crippen molar-refractivity contribution >= 4 is 0 Å². The summed E-state index contributed by atoms with van der Waals surface area (Å²) < 4.78 is 0. The molecule has 0 radical (unpaired) electrons. The highest BCUT2D eigenvalue weighted by Gasteiger charge is 2.01. The first-order valence-electron chi connectivity index (χ1n) is 3.63. The molecule has 0 N–H and O–H groups in total. The molecule has 0 bridgehead atoms. The topological polar surface area (TPSA) is 23.8 Å². The Labute approximate surface area is 67.3 Å². The van der Waals surface area contributed by atoms with Crippen molar-refractivity contribution in [2.75, 3.05) is 0 Å². The van der Waals surface area contributed by atoms with Crippen molar-refractivity contribution in [3.8, 4) is 6.07 Å². The molecule has 0 unspecified atom stereocenters. The van der Waals surface area contributed by atoms with Crippen LogP contribution in [0.4, 0.5) is 0 Å². The van der Waals surface area contributed by atoms with Crippen LogP contribution < -0.4 is 0 Å². The Morgan fingerprint density at radius 3 is 2.27 bits per heavy atom. The summed E-state index contributed by atoms with van der Waals surface area (Å²) in [6.07, 6.45) is 0. The molecule has 0 aliphatic rings. The highest BCUT2D eigenvalue weighted by molar-refractivity contribution is 5.44. The summed E-state index contributed by atoms with van der Waals surface area (Å²) in [4.78, 5) is 0. The summed E-state index contributed by atoms with van der Waals surface area (Å²) in [5.74, 6) is 0. The molecule has 1 aromatic carbocycles. The van der Waals surface area contributed by atoms with E-state index >= 15 is 0 Å². The highest BCUT2D eigenvalue weighted by Crippen LogP contribution is 2.15. The van der Waals surface area contributed by atoms with Crippen molar-refractivity contribution in [3.63, 3.8) is 0 Å². The van der Waals surface area contributed by atoms with Gasteiger partial charge < -0.3 is 0 Å². The highest BCUT2D eigenvalue weighted by atomic mass is 14.2. The SMILES string of the molecule is Cc1ccc(C#N)c(C)c1C. The predicted molar refractivity (Wildman–Crippen MR) is 45.4 cm³/mol. The first-order chi connectivity index (χ1) is 5.16. The fourth-order valence-corrected chi connectivity index (χ4v) is 1.08. The number of aryl methyl sites for hydroxylation is 1. The summed E-state index contributed by atoms with van der Waals surface area (Å²) in [5, 5.41) is 8.68. The number of hydrogen-bond donors (Lipinski definition) is 0. The van der Waals surface area contributed by atoms with E-state index in [4.69, 9.17) is 5.26 Å². The Bertz CT molecular complexity index is 318. The molecule has 1 nitrogen and oxygen atoms in total. The number of benzene rings is 1. The minimum atomic E-state index is 0.785. The Morgan fingerprint density at radius 2 is 1.73 bits per heavy atom. The molecule has 0 aliphatic carbocycles. The second-order valence-corrected chi connectivity index (χ2v) is 2.79. The van der Waals surface area contributed by atoms with Crippen LogP contribution in [0.15, 0.2) is 12.1 Å². The van der Waals surface area contributed by atoms with Crippen LogP contribution in [0.1, 0.15) is 22.3 Å². The third kappa shape index (κ3) is 1.25. The maximum absolute atomic E-state index is 8.68. The van der Waals surface area contributed by atoms with E-state index in [1.807, 2.05) is 26.0 Å². The smallest absolute Gasteiger partial charge is 0.0994 e. The summed E-state index contributed by atoms with van der Waals surface area (Å²) in [6.45, 7) is 6.09. The van der Waals surface area contributed by atoms with Crippen molar-refractivity contribution in [2.45, 2.75) is 20.8 Å². The molecule has 0 aliphatic heterocycles. The second kappa shape index (κ2) is 2.75. The van der Waals surface area contributed by atoms with Gasteiger partial charge in [0.25, 0.3) is 0 Å². The molecule has 0 spiro atoms. The monoisotopic (exact) mass is 145 g/mol. The summed E-state index contributed by atoms with van der Waals surface area (Å²) >= 11 is 0. The summed E-state index contributed by atoms with van der Waals surface area (Å²) in [7, 11) is 0. The average molecular weight is 145 g/mol. The van der Waals surface area contributed by atoms with Crippen molar-refractivity contribution in [3.05, 3.63) is 34.4 Å². The molecular weight excluding hydrogens is 134 g/mol. The van der Waals surface area contributed by atoms with E-state index < -0.39 is 0 Å². The third-order valence-corrected chi connectivity index (χ3v) is 2.18. The van der Waals surface area contributed by atoms with E-state index in [1.165, 1.54) is 11.1 Å². The van der Waals surface area contributed by atoms with E-state index in [1.54, 1.807) is 0 Å². The molecule has 11 heavy (non-hydrogen) atoms. The Morgan fingerprint density at radius 1 is 1.09 bits per heavy atom. The third-order valence-electron chi connectivity index (χ3n) is 2.18. The number of nitriles is 1. The molecule has 0 fully saturated rings. The van der Waals surface area contributed by atoms with Crippen LogP contribution in [0.3, 0.4) is 0 Å². The first-order valence-corrected chi connectivity index (χ1v) is 3.63. The molecule has 0 heterocycles. The molecular formula is C10H11N. The van der Waals surface area contributed by atoms with Crippen LogP contribution >= 0.6 is 0 Å². The fraction of sp³-hybridized carbons (Fsp3) is 0.300. The lowest BCUT2D eigenvalue weighted by Gasteiger charge is -2.04. The van der Waals surface area contributed by atoms with Gasteiger partial charge in [-0.1, -0.05) is 6.07 Å². The summed E-state index contributed by atoms with van der Waals surface area (Å²) in [6, 6.07) is 6.02. The lowest BCUT2D eigenvalue weighted by atomic mass is 10.00. The molecule has 0 saturated heterocycles. The Hall–Kier alpha value is -1.29. The molecule has 56 valence electrons. The van der Waals surface area contributed by atoms with Gasteiger partial charge in [-0.3, -0.25) is 0 Å². The van der Waals surface area contributed by atoms with Crippen LogP contribution in [0, 0.1) is 32.1 Å². The normalized spacial score (nSPS) is 9.27. The Kier molecular flexibility index (Phi) is 1.96. The molecule has 1 rings (SSSR count). The van der Waals surface area contributed by atoms with Gasteiger partial charge in [-0.2, -0.15) is 5.26 Å². The number of hydrogen-bond acceptors (Lipinski definition) is 1. The van der Waals surface area contributed by atoms with Crippen molar-refractivity contribution in [1.29, 1.82) is 5.26 Å². The van der Waals surface area contributed by atoms with E-state index in [-0.39, 0.29) is 0 Å². The van der Waals surface area contributed by atoms with E-state index in [0.29, 0.717) is 0 Å². The van der Waals surface area contributed by atoms with Gasteiger partial charge in [0.2, 0.25) is 0 Å². The molecule has 0 saturated carbocycles. The van der Waals surface area contributed by atoms with Gasteiger partial charge in [0.05, 0.1) is 11.6 Å². The van der Waals surface area contributed by atoms with E-state index in [9.17, 15) is 0 Å². The molecule has 1 heteroatoms. The lowest BCUT2D eigenvalue weighted by Crippen LogP contribution is -1.89. The van der Waals surface area contributed by atoms with E-state index in [0.717, 1.165) is 11.1 Å². The van der Waals surface area contributed by atoms with Crippen LogP contribution in [-0.2, 0) is 0 Å². The van der Waals surface area contributed by atoms with E-state index in [2.05, 4.69) is 13.0 Å². The van der Waals surface area contributed by atoms with Gasteiger partial charge >= 0.3 is 0 Å². The molecule has 0 aromatic heterocycles. The van der Waals surface area contributed by atoms with Crippen LogP contribution in [0.25, 0.3) is 0 Å². The average Bonchev–Trinajstić information content (AvgIpc) is 2.01. The van der Waals surface area contributed by atoms with Gasteiger partial charge in [0.1, 0.15) is 0 Å². The first kappa shape index (κ1) is 7.81. The fourth-order valence-electron chi connectivity index (χ4n) is 1.08. The van der Waals surface area contributed by atoms with Crippen LogP contribution in [-0.4, -0.2) is 0 Å². The van der Waals surface area contributed by atoms with Gasteiger partial charge in [0, 0.05) is 0 Å². The maximum atomic E-state index is 8.68. The zero-order chi connectivity index (χ0) is 8.43. The second-order valence-electron chi connectivity index (χ2n) is 2.79. The Balaban J connectivity index is 3.40. The summed E-state index contributed by atoms with van der Waals surface area (Å²) in [5.41, 5.74) is 4.37. The quantitative estimate of drug-likeness (QED) is 0.550. The minimum Gasteiger partial charge on any atom is -0.192 e. The predicted octanol–water partition coefficient (Wildman–Crippen LogP) is 2.48. The van der Waals surface area contributed by atoms with Gasteiger partial charge in [0.15, 0.2) is 0 Å². The molecule has 0 amide bonds. The van der Waals surface area contributed by atoms with Crippen molar-refractivity contribution in [2.24, 2.45) is 0 Å². The minimum absolute atomic E-state index is 0.785. The zero-order valence-electron chi connectivity index (χ0n) is 7.10. The lowest BCUT2D eigenvalue weighted by molar-refractivity contribution is 1.25. The zero-order valence-corrected chi connectivity index (χ0v) is 7.10. The van der Waals surface area contributed by atoms with Gasteiger partial charge in [-0.25, -0.2) is 0 Å². The molecule has 1 aromatic rings. The van der Waals surface area contributed by atoms with Crippen molar-refractivity contribution < 1.29 is 0 Å². The maximum Gasteiger partial charge on any atom is 0.0994 e. The standard InChI is InChI=1S/C10H11N/c1-7-4-5-10(6-11)9(3)8(7)2/h4-5H,1-3H3. The largest absolute Gasteiger partial charge is 0.192 e. The van der Waals surface area contributed by atoms with Crippen LogP contribution in [0.2, 0.25) is 0 Å². The molecule has 0 atom stereocenters. The van der Waals surface area contributed by atoms with Gasteiger partial charge in [-0.15, -0.1) is 0 Å². The number of rotatable bonds is 0. The van der Waals surface area contributed by atoms with Gasteiger partial charge in [-0.05, 0) is 43.5 Å². The number of nitrogens with zero attached hydrogens (tertiary/aromatic N) is 1.